The van der Waals surface area contributed by atoms with Crippen LogP contribution in [-0.4, -0.2) is 57.3 Å². The number of aryl methyl sites for hydroxylation is 1. The van der Waals surface area contributed by atoms with Crippen molar-refractivity contribution in [3.63, 3.8) is 0 Å². The fourth-order valence-corrected chi connectivity index (χ4v) is 1.79. The van der Waals surface area contributed by atoms with Crippen LogP contribution in [0.5, 0.6) is 0 Å². The molecule has 1 heterocycles. The average molecular weight is 254 g/mol. The van der Waals surface area contributed by atoms with Crippen LogP contribution in [0, 0.1) is 0 Å². The van der Waals surface area contributed by atoms with E-state index in [1.54, 1.807) is 7.05 Å². The highest BCUT2D eigenvalue weighted by molar-refractivity contribution is 4.97. The minimum Gasteiger partial charge on any atom is -0.312 e. The molecule has 0 aliphatic rings. The zero-order chi connectivity index (χ0) is 13.8. The summed E-state index contributed by atoms with van der Waals surface area (Å²) < 4.78 is 0. The molecule has 1 rings (SSSR count). The Bertz CT molecular complexity index is 357. The topological polar surface area (TPSA) is 58.9 Å². The van der Waals surface area contributed by atoms with Crippen molar-refractivity contribution >= 4 is 0 Å². The third kappa shape index (κ3) is 3.74. The van der Waals surface area contributed by atoms with Gasteiger partial charge in [0.15, 0.2) is 5.82 Å². The monoisotopic (exact) mass is 254 g/mol. The molecule has 1 unspecified atom stereocenters. The first-order valence-corrected chi connectivity index (χ1v) is 6.51. The zero-order valence-corrected chi connectivity index (χ0v) is 12.4. The van der Waals surface area contributed by atoms with Gasteiger partial charge >= 0.3 is 0 Å². The van der Waals surface area contributed by atoms with Crippen LogP contribution in [0.3, 0.4) is 0 Å². The first-order valence-electron chi connectivity index (χ1n) is 6.51. The number of nitrogens with one attached hydrogen (secondary N) is 1. The highest BCUT2D eigenvalue weighted by Gasteiger charge is 2.32. The van der Waals surface area contributed by atoms with Gasteiger partial charge in [0.2, 0.25) is 0 Å². The molecule has 1 atom stereocenters. The maximum absolute atomic E-state index is 4.27. The summed E-state index contributed by atoms with van der Waals surface area (Å²) in [6, 6.07) is 0.302. The lowest BCUT2D eigenvalue weighted by molar-refractivity contribution is 0.136. The fourth-order valence-electron chi connectivity index (χ4n) is 1.79. The van der Waals surface area contributed by atoms with Gasteiger partial charge in [-0.05, 0) is 46.1 Å². The van der Waals surface area contributed by atoms with Crippen molar-refractivity contribution in [3.05, 3.63) is 5.82 Å². The van der Waals surface area contributed by atoms with Crippen molar-refractivity contribution in [1.29, 1.82) is 0 Å². The van der Waals surface area contributed by atoms with Crippen LogP contribution >= 0.6 is 0 Å². The summed E-state index contributed by atoms with van der Waals surface area (Å²) in [4.78, 5) is 3.74. The van der Waals surface area contributed by atoms with Gasteiger partial charge in [-0.2, -0.15) is 4.80 Å². The molecule has 0 spiro atoms. The number of hydrogen-bond acceptors (Lipinski definition) is 5. The van der Waals surface area contributed by atoms with Crippen molar-refractivity contribution in [2.24, 2.45) is 7.05 Å². The first kappa shape index (κ1) is 15.0. The fraction of sp³-hybridized carbons (Fsp3) is 0.917. The van der Waals surface area contributed by atoms with Gasteiger partial charge in [-0.3, -0.25) is 0 Å². The van der Waals surface area contributed by atoms with Crippen molar-refractivity contribution in [2.45, 2.75) is 45.2 Å². The second-order valence-electron chi connectivity index (χ2n) is 5.45. The van der Waals surface area contributed by atoms with Crippen molar-refractivity contribution < 1.29 is 0 Å². The van der Waals surface area contributed by atoms with E-state index in [1.807, 2.05) is 0 Å². The Morgan fingerprint density at radius 2 is 2.06 bits per heavy atom. The molecule has 0 aromatic carbocycles. The predicted octanol–water partition coefficient (Wildman–Crippen LogP) is 0.461. The Balaban J connectivity index is 2.78. The SMILES string of the molecule is CCCNC(Cc1nnn(C)n1)C(C)(C)N(C)C. The smallest absolute Gasteiger partial charge is 0.176 e. The lowest BCUT2D eigenvalue weighted by Crippen LogP contribution is -2.56. The van der Waals surface area contributed by atoms with Gasteiger partial charge in [0.1, 0.15) is 0 Å². The van der Waals surface area contributed by atoms with Crippen molar-refractivity contribution in [1.82, 2.24) is 30.4 Å². The maximum atomic E-state index is 4.27. The molecular formula is C12H26N6. The van der Waals surface area contributed by atoms with Crippen LogP contribution in [0.4, 0.5) is 0 Å². The number of rotatable bonds is 7. The van der Waals surface area contributed by atoms with E-state index in [4.69, 9.17) is 0 Å². The number of aromatic nitrogens is 4. The molecule has 1 N–H and O–H groups in total. The summed E-state index contributed by atoms with van der Waals surface area (Å²) in [5.74, 6) is 0.793. The molecule has 1 aromatic heterocycles. The summed E-state index contributed by atoms with van der Waals surface area (Å²) >= 11 is 0. The molecule has 0 saturated carbocycles. The standard InChI is InChI=1S/C12H26N6/c1-7-8-13-10(12(2,3)17(4)5)9-11-14-16-18(6)15-11/h10,13H,7-9H2,1-6H3. The molecule has 0 bridgehead atoms. The van der Waals surface area contributed by atoms with E-state index in [0.717, 1.165) is 25.2 Å². The molecule has 6 heteroatoms. The van der Waals surface area contributed by atoms with Gasteiger partial charge in [0.25, 0.3) is 0 Å². The predicted molar refractivity (Wildman–Crippen MR) is 72.3 cm³/mol. The van der Waals surface area contributed by atoms with Gasteiger partial charge in [0, 0.05) is 18.0 Å². The molecule has 0 amide bonds. The molecular weight excluding hydrogens is 228 g/mol. The van der Waals surface area contributed by atoms with Gasteiger partial charge in [0.05, 0.1) is 7.05 Å². The normalized spacial score (nSPS) is 14.2. The molecule has 0 aliphatic carbocycles. The Morgan fingerprint density at radius 1 is 1.39 bits per heavy atom. The van der Waals surface area contributed by atoms with E-state index >= 15 is 0 Å². The molecule has 6 nitrogen and oxygen atoms in total. The summed E-state index contributed by atoms with van der Waals surface area (Å²) in [7, 11) is 6.00. The quantitative estimate of drug-likeness (QED) is 0.766. The Kier molecular flexibility index (Phi) is 5.22. The summed E-state index contributed by atoms with van der Waals surface area (Å²) in [5.41, 5.74) is 0.0361. The molecule has 104 valence electrons. The van der Waals surface area contributed by atoms with E-state index in [0.29, 0.717) is 6.04 Å². The van der Waals surface area contributed by atoms with Gasteiger partial charge in [-0.15, -0.1) is 10.2 Å². The van der Waals surface area contributed by atoms with Crippen LogP contribution in [0.2, 0.25) is 0 Å². The summed E-state index contributed by atoms with van der Waals surface area (Å²) in [5, 5.41) is 15.8. The lowest BCUT2D eigenvalue weighted by atomic mass is 9.90. The zero-order valence-electron chi connectivity index (χ0n) is 12.4. The molecule has 0 saturated heterocycles. The van der Waals surface area contributed by atoms with Crippen LogP contribution < -0.4 is 5.32 Å². The number of tetrazole rings is 1. The third-order valence-electron chi connectivity index (χ3n) is 3.58. The Labute approximate surface area is 110 Å². The second kappa shape index (κ2) is 6.24. The molecule has 0 aliphatic heterocycles. The van der Waals surface area contributed by atoms with E-state index in [2.05, 4.69) is 60.5 Å². The van der Waals surface area contributed by atoms with E-state index in [1.165, 1.54) is 4.80 Å². The molecule has 1 aromatic rings. The Hall–Kier alpha value is -1.01. The van der Waals surface area contributed by atoms with Gasteiger partial charge < -0.3 is 10.2 Å². The van der Waals surface area contributed by atoms with E-state index in [9.17, 15) is 0 Å². The van der Waals surface area contributed by atoms with Gasteiger partial charge in [-0.25, -0.2) is 0 Å². The lowest BCUT2D eigenvalue weighted by Gasteiger charge is -2.40. The van der Waals surface area contributed by atoms with E-state index < -0.39 is 0 Å². The summed E-state index contributed by atoms with van der Waals surface area (Å²) in [6.45, 7) is 7.64. The van der Waals surface area contributed by atoms with Crippen LogP contribution in [0.15, 0.2) is 0 Å². The second-order valence-corrected chi connectivity index (χ2v) is 5.45. The molecule has 18 heavy (non-hydrogen) atoms. The largest absolute Gasteiger partial charge is 0.312 e. The summed E-state index contributed by atoms with van der Waals surface area (Å²) in [6.07, 6.45) is 1.91. The van der Waals surface area contributed by atoms with Crippen LogP contribution in [0.25, 0.3) is 0 Å². The number of likely N-dealkylation sites (N-methyl/N-ethyl adjacent to an activating group) is 1. The Morgan fingerprint density at radius 3 is 2.50 bits per heavy atom. The van der Waals surface area contributed by atoms with Crippen molar-refractivity contribution in [3.8, 4) is 0 Å². The van der Waals surface area contributed by atoms with Crippen LogP contribution in [0.1, 0.15) is 33.0 Å². The molecule has 0 fully saturated rings. The van der Waals surface area contributed by atoms with Gasteiger partial charge in [-0.1, -0.05) is 6.92 Å². The van der Waals surface area contributed by atoms with E-state index in [-0.39, 0.29) is 5.54 Å². The minimum atomic E-state index is 0.0361. The minimum absolute atomic E-state index is 0.0361. The third-order valence-corrected chi connectivity index (χ3v) is 3.58. The highest BCUT2D eigenvalue weighted by Crippen LogP contribution is 2.18. The highest BCUT2D eigenvalue weighted by atomic mass is 15.6. The number of hydrogen-bond donors (Lipinski definition) is 1. The first-order chi connectivity index (χ1) is 8.37. The van der Waals surface area contributed by atoms with Crippen molar-refractivity contribution in [2.75, 3.05) is 20.6 Å². The van der Waals surface area contributed by atoms with Crippen LogP contribution in [-0.2, 0) is 13.5 Å². The average Bonchev–Trinajstić information content (AvgIpc) is 2.69. The maximum Gasteiger partial charge on any atom is 0.176 e. The number of nitrogens with zero attached hydrogens (tertiary/aromatic N) is 5. The molecule has 0 radical (unpaired) electrons.